The lowest BCUT2D eigenvalue weighted by Crippen LogP contribution is -2.17. The number of aliphatic carboxylic acids is 1. The van der Waals surface area contributed by atoms with Crippen molar-refractivity contribution in [3.8, 4) is 0 Å². The van der Waals surface area contributed by atoms with Gasteiger partial charge in [-0.25, -0.2) is 9.78 Å². The van der Waals surface area contributed by atoms with Crippen LogP contribution in [0, 0.1) is 0 Å². The van der Waals surface area contributed by atoms with Gasteiger partial charge in [-0.05, 0) is 17.7 Å². The Balaban J connectivity index is 1.79. The number of anilines is 1. The molecule has 1 aromatic heterocycles. The number of fused-ring (bicyclic) bond motifs is 1. The highest BCUT2D eigenvalue weighted by Gasteiger charge is 2.11. The van der Waals surface area contributed by atoms with Crippen LogP contribution in [0.15, 0.2) is 59.7 Å². The van der Waals surface area contributed by atoms with Crippen LogP contribution >= 0.6 is 11.3 Å². The second-order valence-electron chi connectivity index (χ2n) is 4.62. The molecule has 2 N–H and O–H groups in total. The average Bonchev–Trinajstić information content (AvgIpc) is 2.95. The number of carboxylic acid groups (broad SMARTS) is 1. The number of carbonyl (C=O) groups is 1. The third-order valence-corrected chi connectivity index (χ3v) is 3.98. The normalized spacial score (nSPS) is 11.5. The van der Waals surface area contributed by atoms with Gasteiger partial charge in [-0.15, -0.1) is 0 Å². The molecule has 0 radical (unpaired) electrons. The van der Waals surface area contributed by atoms with Crippen LogP contribution in [-0.2, 0) is 11.2 Å². The van der Waals surface area contributed by atoms with E-state index in [0.717, 1.165) is 15.8 Å². The summed E-state index contributed by atoms with van der Waals surface area (Å²) in [5.41, 5.74) is 4.56. The summed E-state index contributed by atoms with van der Waals surface area (Å²) in [6.07, 6.45) is 0.258. The first-order valence-corrected chi connectivity index (χ1v) is 7.49. The highest BCUT2D eigenvalue weighted by Crippen LogP contribution is 2.25. The van der Waals surface area contributed by atoms with E-state index in [1.807, 2.05) is 54.6 Å². The molecule has 0 spiro atoms. The van der Waals surface area contributed by atoms with Crippen molar-refractivity contribution in [2.45, 2.75) is 6.42 Å². The van der Waals surface area contributed by atoms with Gasteiger partial charge in [-0.3, -0.25) is 5.43 Å². The van der Waals surface area contributed by atoms with Crippen molar-refractivity contribution in [1.29, 1.82) is 0 Å². The number of aromatic nitrogens is 1. The van der Waals surface area contributed by atoms with E-state index < -0.39 is 5.97 Å². The number of nitrogens with zero attached hydrogens (tertiary/aromatic N) is 2. The molecule has 0 aliphatic rings. The van der Waals surface area contributed by atoms with Crippen LogP contribution in [0.2, 0.25) is 0 Å². The van der Waals surface area contributed by atoms with E-state index in [1.54, 1.807) is 0 Å². The molecule has 0 atom stereocenters. The fourth-order valence-electron chi connectivity index (χ4n) is 1.99. The van der Waals surface area contributed by atoms with E-state index in [1.165, 1.54) is 11.3 Å². The zero-order valence-corrected chi connectivity index (χ0v) is 12.4. The zero-order valence-electron chi connectivity index (χ0n) is 11.6. The summed E-state index contributed by atoms with van der Waals surface area (Å²) in [6, 6.07) is 17.1. The van der Waals surface area contributed by atoms with Crippen LogP contribution in [0.25, 0.3) is 10.2 Å². The van der Waals surface area contributed by atoms with Crippen molar-refractivity contribution in [3.05, 3.63) is 60.2 Å². The van der Waals surface area contributed by atoms with E-state index in [2.05, 4.69) is 15.5 Å². The first-order chi connectivity index (χ1) is 10.7. The van der Waals surface area contributed by atoms with E-state index >= 15 is 0 Å². The van der Waals surface area contributed by atoms with Gasteiger partial charge in [0, 0.05) is 6.42 Å². The molecule has 0 bridgehead atoms. The van der Waals surface area contributed by atoms with Gasteiger partial charge in [0.25, 0.3) is 0 Å². The molecule has 0 unspecified atom stereocenters. The maximum Gasteiger partial charge on any atom is 0.352 e. The molecule has 1 heterocycles. The number of hydrazone groups is 1. The second-order valence-corrected chi connectivity index (χ2v) is 5.66. The van der Waals surface area contributed by atoms with Crippen LogP contribution in [-0.4, -0.2) is 21.8 Å². The molecule has 0 aliphatic heterocycles. The first-order valence-electron chi connectivity index (χ1n) is 6.68. The summed E-state index contributed by atoms with van der Waals surface area (Å²) >= 11 is 1.44. The molecule has 3 rings (SSSR count). The highest BCUT2D eigenvalue weighted by molar-refractivity contribution is 7.22. The standard InChI is InChI=1S/C16H13N3O2S/c20-15(21)13(10-11-6-2-1-3-7-11)18-19-16-17-12-8-4-5-9-14(12)22-16/h1-9H,10H2,(H,17,19)(H,20,21). The molecule has 22 heavy (non-hydrogen) atoms. The number of carboxylic acids is 1. The summed E-state index contributed by atoms with van der Waals surface area (Å²) in [5.74, 6) is -1.04. The Labute approximate surface area is 130 Å². The van der Waals surface area contributed by atoms with Crippen molar-refractivity contribution >= 4 is 38.4 Å². The molecule has 0 saturated carbocycles. The van der Waals surface area contributed by atoms with E-state index in [4.69, 9.17) is 0 Å². The predicted octanol–water partition coefficient (Wildman–Crippen LogP) is 3.39. The van der Waals surface area contributed by atoms with Crippen molar-refractivity contribution in [3.63, 3.8) is 0 Å². The highest BCUT2D eigenvalue weighted by atomic mass is 32.1. The Morgan fingerprint density at radius 1 is 1.14 bits per heavy atom. The summed E-state index contributed by atoms with van der Waals surface area (Å²) in [7, 11) is 0. The number of hydrogen-bond acceptors (Lipinski definition) is 5. The molecule has 0 fully saturated rings. The summed E-state index contributed by atoms with van der Waals surface area (Å²) in [5, 5.41) is 13.8. The van der Waals surface area contributed by atoms with Crippen LogP contribution in [0.5, 0.6) is 0 Å². The van der Waals surface area contributed by atoms with Crippen molar-refractivity contribution in [2.24, 2.45) is 5.10 Å². The van der Waals surface area contributed by atoms with Gasteiger partial charge in [-0.2, -0.15) is 5.10 Å². The molecule has 0 aliphatic carbocycles. The van der Waals surface area contributed by atoms with E-state index in [9.17, 15) is 9.90 Å². The van der Waals surface area contributed by atoms with Gasteiger partial charge in [0.1, 0.15) is 5.71 Å². The predicted molar refractivity (Wildman–Crippen MR) is 88.5 cm³/mol. The van der Waals surface area contributed by atoms with Crippen LogP contribution < -0.4 is 5.43 Å². The molecule has 0 amide bonds. The SMILES string of the molecule is O=C(O)C(Cc1ccccc1)=NNc1nc2ccccc2s1. The fraction of sp³-hybridized carbons (Fsp3) is 0.0625. The molecule has 110 valence electrons. The van der Waals surface area contributed by atoms with Crippen molar-refractivity contribution < 1.29 is 9.90 Å². The Morgan fingerprint density at radius 3 is 2.59 bits per heavy atom. The monoisotopic (exact) mass is 311 g/mol. The van der Waals surface area contributed by atoms with Gasteiger partial charge in [0.15, 0.2) is 0 Å². The van der Waals surface area contributed by atoms with Crippen molar-refractivity contribution in [2.75, 3.05) is 5.43 Å². The van der Waals surface area contributed by atoms with Crippen LogP contribution in [0.1, 0.15) is 5.56 Å². The number of thiazole rings is 1. The lowest BCUT2D eigenvalue weighted by atomic mass is 10.1. The maximum atomic E-state index is 11.3. The van der Waals surface area contributed by atoms with Gasteiger partial charge < -0.3 is 5.11 Å². The van der Waals surface area contributed by atoms with Crippen molar-refractivity contribution in [1.82, 2.24) is 4.98 Å². The number of nitrogens with one attached hydrogen (secondary N) is 1. The Kier molecular flexibility index (Phi) is 4.11. The minimum Gasteiger partial charge on any atom is -0.477 e. The minimum atomic E-state index is -1.04. The number of benzene rings is 2. The van der Waals surface area contributed by atoms with E-state index in [0.29, 0.717) is 5.13 Å². The maximum absolute atomic E-state index is 11.3. The van der Waals surface area contributed by atoms with E-state index in [-0.39, 0.29) is 12.1 Å². The molecular weight excluding hydrogens is 298 g/mol. The summed E-state index contributed by atoms with van der Waals surface area (Å²) in [4.78, 5) is 15.7. The van der Waals surface area contributed by atoms with Crippen LogP contribution in [0.3, 0.4) is 0 Å². The zero-order chi connectivity index (χ0) is 15.4. The molecule has 0 saturated heterocycles. The molecule has 3 aromatic rings. The number of para-hydroxylation sites is 1. The fourth-order valence-corrected chi connectivity index (χ4v) is 2.80. The third kappa shape index (κ3) is 3.29. The molecule has 6 heteroatoms. The number of rotatable bonds is 5. The lowest BCUT2D eigenvalue weighted by Gasteiger charge is -2.02. The van der Waals surface area contributed by atoms with Gasteiger partial charge >= 0.3 is 5.97 Å². The van der Waals surface area contributed by atoms with Crippen LogP contribution in [0.4, 0.5) is 5.13 Å². The largest absolute Gasteiger partial charge is 0.477 e. The summed E-state index contributed by atoms with van der Waals surface area (Å²) in [6.45, 7) is 0. The van der Waals surface area contributed by atoms with Gasteiger partial charge in [-0.1, -0.05) is 53.8 Å². The number of hydrogen-bond donors (Lipinski definition) is 2. The Morgan fingerprint density at radius 2 is 1.86 bits per heavy atom. The molecular formula is C16H13N3O2S. The molecule has 5 nitrogen and oxygen atoms in total. The smallest absolute Gasteiger partial charge is 0.352 e. The quantitative estimate of drug-likeness (QED) is 0.559. The molecule has 2 aromatic carbocycles. The summed E-state index contributed by atoms with van der Waals surface area (Å²) < 4.78 is 1.03. The van der Waals surface area contributed by atoms with Gasteiger partial charge in [0.05, 0.1) is 10.2 Å². The minimum absolute atomic E-state index is 0.0467. The Bertz CT molecular complexity index is 795. The lowest BCUT2D eigenvalue weighted by molar-refractivity contribution is -0.129. The average molecular weight is 311 g/mol. The van der Waals surface area contributed by atoms with Gasteiger partial charge in [0.2, 0.25) is 5.13 Å². The first kappa shape index (κ1) is 14.2. The Hall–Kier alpha value is -2.73. The second kappa shape index (κ2) is 6.36. The topological polar surface area (TPSA) is 74.6 Å². The third-order valence-electron chi connectivity index (χ3n) is 3.04.